The molecule has 4 rings (SSSR count). The van der Waals surface area contributed by atoms with Crippen molar-refractivity contribution >= 4 is 11.8 Å². The minimum Gasteiger partial charge on any atom is -0.450 e. The summed E-state index contributed by atoms with van der Waals surface area (Å²) in [5.41, 5.74) is 2.14. The Morgan fingerprint density at radius 3 is 2.34 bits per heavy atom. The highest BCUT2D eigenvalue weighted by Gasteiger charge is 2.16. The van der Waals surface area contributed by atoms with Crippen molar-refractivity contribution in [3.8, 4) is 22.8 Å². The van der Waals surface area contributed by atoms with Crippen LogP contribution in [0.2, 0.25) is 0 Å². The molecule has 0 fully saturated rings. The van der Waals surface area contributed by atoms with Gasteiger partial charge in [-0.05, 0) is 31.2 Å². The number of aromatic nitrogens is 2. The van der Waals surface area contributed by atoms with E-state index in [9.17, 15) is 9.59 Å². The van der Waals surface area contributed by atoms with Crippen LogP contribution in [0.25, 0.3) is 22.8 Å². The van der Waals surface area contributed by atoms with Gasteiger partial charge in [0.15, 0.2) is 12.4 Å². The summed E-state index contributed by atoms with van der Waals surface area (Å²) in [7, 11) is 0. The fraction of sp³-hybridized carbons (Fsp3) is 0.0909. The Kier molecular flexibility index (Phi) is 5.03. The quantitative estimate of drug-likeness (QED) is 0.353. The van der Waals surface area contributed by atoms with E-state index in [0.717, 1.165) is 11.1 Å². The molecule has 2 heterocycles. The molecule has 7 nitrogen and oxygen atoms in total. The van der Waals surface area contributed by atoms with Crippen LogP contribution in [0.4, 0.5) is 0 Å². The second-order valence-corrected chi connectivity index (χ2v) is 6.24. The maximum atomic E-state index is 12.2. The highest BCUT2D eigenvalue weighted by molar-refractivity contribution is 5.94. The van der Waals surface area contributed by atoms with E-state index in [1.165, 1.54) is 13.0 Å². The van der Waals surface area contributed by atoms with Gasteiger partial charge in [-0.15, -0.1) is 10.2 Å². The molecule has 0 amide bonds. The number of rotatable bonds is 6. The molecule has 29 heavy (non-hydrogen) atoms. The average Bonchev–Trinajstić information content (AvgIpc) is 3.43. The van der Waals surface area contributed by atoms with Crippen LogP contribution in [0, 0.1) is 0 Å². The van der Waals surface area contributed by atoms with E-state index < -0.39 is 5.97 Å². The number of benzene rings is 2. The van der Waals surface area contributed by atoms with Crippen LogP contribution < -0.4 is 0 Å². The van der Waals surface area contributed by atoms with Crippen molar-refractivity contribution < 1.29 is 23.2 Å². The summed E-state index contributed by atoms with van der Waals surface area (Å²) < 4.78 is 16.3. The van der Waals surface area contributed by atoms with Gasteiger partial charge < -0.3 is 13.6 Å². The number of Topliss-reactive ketones (excluding diaryl/α,β-unsaturated/α-hetero) is 1. The van der Waals surface area contributed by atoms with Gasteiger partial charge in [-0.25, -0.2) is 4.79 Å². The minimum atomic E-state index is -0.643. The molecule has 0 atom stereocenters. The fourth-order valence-corrected chi connectivity index (χ4v) is 2.68. The van der Waals surface area contributed by atoms with Gasteiger partial charge in [0.05, 0.1) is 0 Å². The molecule has 0 aliphatic carbocycles. The molecule has 4 aromatic rings. The standard InChI is InChI=1S/C22H16N2O5/c1-14(25)15-7-9-16(10-8-15)18-11-12-19(28-18)22(26)27-13-20-23-24-21(29-20)17-5-3-2-4-6-17/h2-12H,13H2,1H3. The predicted octanol–water partition coefficient (Wildman–Crippen LogP) is 4.56. The summed E-state index contributed by atoms with van der Waals surface area (Å²) in [5.74, 6) is 0.428. The first kappa shape index (κ1) is 18.4. The molecule has 0 aliphatic rings. The van der Waals surface area contributed by atoms with Crippen LogP contribution in [-0.4, -0.2) is 21.9 Å². The highest BCUT2D eigenvalue weighted by Crippen LogP contribution is 2.23. The molecule has 2 aromatic heterocycles. The fourth-order valence-electron chi connectivity index (χ4n) is 2.68. The number of nitrogens with zero attached hydrogens (tertiary/aromatic N) is 2. The first-order valence-electron chi connectivity index (χ1n) is 8.86. The second-order valence-electron chi connectivity index (χ2n) is 6.24. The largest absolute Gasteiger partial charge is 0.450 e. The molecule has 0 spiro atoms. The van der Waals surface area contributed by atoms with Crippen molar-refractivity contribution in [1.29, 1.82) is 0 Å². The van der Waals surface area contributed by atoms with Crippen LogP contribution >= 0.6 is 0 Å². The van der Waals surface area contributed by atoms with E-state index >= 15 is 0 Å². The first-order valence-corrected chi connectivity index (χ1v) is 8.86. The van der Waals surface area contributed by atoms with Crippen LogP contribution in [0.3, 0.4) is 0 Å². The molecule has 0 unspecified atom stereocenters. The van der Waals surface area contributed by atoms with Gasteiger partial charge in [-0.1, -0.05) is 42.5 Å². The number of carbonyl (C=O) groups excluding carboxylic acids is 2. The first-order chi connectivity index (χ1) is 14.1. The van der Waals surface area contributed by atoms with Crippen molar-refractivity contribution in [2.45, 2.75) is 13.5 Å². The number of esters is 1. The number of hydrogen-bond acceptors (Lipinski definition) is 7. The number of furan rings is 1. The maximum Gasteiger partial charge on any atom is 0.374 e. The predicted molar refractivity (Wildman–Crippen MR) is 103 cm³/mol. The van der Waals surface area contributed by atoms with E-state index in [1.807, 2.05) is 30.3 Å². The Morgan fingerprint density at radius 1 is 0.862 bits per heavy atom. The number of ether oxygens (including phenoxy) is 1. The van der Waals surface area contributed by atoms with Gasteiger partial charge in [-0.3, -0.25) is 4.79 Å². The maximum absolute atomic E-state index is 12.2. The Morgan fingerprint density at radius 2 is 1.62 bits per heavy atom. The third-order valence-corrected chi connectivity index (χ3v) is 4.20. The average molecular weight is 388 g/mol. The van der Waals surface area contributed by atoms with Gasteiger partial charge in [0, 0.05) is 16.7 Å². The smallest absolute Gasteiger partial charge is 0.374 e. The number of carbonyl (C=O) groups is 2. The molecule has 0 aliphatic heterocycles. The molecule has 144 valence electrons. The Balaban J connectivity index is 1.40. The van der Waals surface area contributed by atoms with E-state index in [-0.39, 0.29) is 24.0 Å². The van der Waals surface area contributed by atoms with Crippen LogP contribution in [0.15, 0.2) is 75.6 Å². The summed E-state index contributed by atoms with van der Waals surface area (Å²) in [6, 6.07) is 19.4. The van der Waals surface area contributed by atoms with Crippen molar-refractivity contribution in [1.82, 2.24) is 10.2 Å². The molecule has 2 aromatic carbocycles. The topological polar surface area (TPSA) is 95.4 Å². The lowest BCUT2D eigenvalue weighted by Gasteiger charge is -2.00. The molecular weight excluding hydrogens is 372 g/mol. The molecule has 7 heteroatoms. The molecule has 0 N–H and O–H groups in total. The highest BCUT2D eigenvalue weighted by atomic mass is 16.6. The van der Waals surface area contributed by atoms with Crippen LogP contribution in [-0.2, 0) is 11.3 Å². The second kappa shape index (κ2) is 7.93. The lowest BCUT2D eigenvalue weighted by Crippen LogP contribution is -2.04. The monoisotopic (exact) mass is 388 g/mol. The number of hydrogen-bond donors (Lipinski definition) is 0. The van der Waals surface area contributed by atoms with Crippen molar-refractivity contribution in [3.63, 3.8) is 0 Å². The molecule has 0 saturated heterocycles. The normalized spacial score (nSPS) is 10.7. The SMILES string of the molecule is CC(=O)c1ccc(-c2ccc(C(=O)OCc3nnc(-c4ccccc4)o3)o2)cc1. The summed E-state index contributed by atoms with van der Waals surface area (Å²) in [5, 5.41) is 7.83. The van der Waals surface area contributed by atoms with Crippen molar-refractivity contribution in [2.75, 3.05) is 0 Å². The number of ketones is 1. The minimum absolute atomic E-state index is 0.0169. The zero-order valence-electron chi connectivity index (χ0n) is 15.5. The van der Waals surface area contributed by atoms with Gasteiger partial charge >= 0.3 is 5.97 Å². The van der Waals surface area contributed by atoms with Crippen LogP contribution in [0.5, 0.6) is 0 Å². The molecule has 0 bridgehead atoms. The zero-order valence-corrected chi connectivity index (χ0v) is 15.5. The summed E-state index contributed by atoms with van der Waals surface area (Å²) in [4.78, 5) is 23.6. The van der Waals surface area contributed by atoms with E-state index in [0.29, 0.717) is 17.2 Å². The summed E-state index contributed by atoms with van der Waals surface area (Å²) >= 11 is 0. The van der Waals surface area contributed by atoms with Crippen molar-refractivity contribution in [3.05, 3.63) is 83.9 Å². The van der Waals surface area contributed by atoms with Gasteiger partial charge in [-0.2, -0.15) is 0 Å². The van der Waals surface area contributed by atoms with Gasteiger partial charge in [0.25, 0.3) is 5.89 Å². The molecular formula is C22H16N2O5. The zero-order chi connectivity index (χ0) is 20.2. The van der Waals surface area contributed by atoms with E-state index in [4.69, 9.17) is 13.6 Å². The summed E-state index contributed by atoms with van der Waals surface area (Å²) in [6.45, 7) is 1.34. The lowest BCUT2D eigenvalue weighted by atomic mass is 10.1. The Bertz CT molecular complexity index is 1140. The molecule has 0 saturated carbocycles. The van der Waals surface area contributed by atoms with E-state index in [1.54, 1.807) is 30.3 Å². The van der Waals surface area contributed by atoms with Gasteiger partial charge in [0.1, 0.15) is 5.76 Å². The van der Waals surface area contributed by atoms with E-state index in [2.05, 4.69) is 10.2 Å². The Hall–Kier alpha value is -4.00. The summed E-state index contributed by atoms with van der Waals surface area (Å²) in [6.07, 6.45) is 0. The Labute approximate surface area is 165 Å². The van der Waals surface area contributed by atoms with Gasteiger partial charge in [0.2, 0.25) is 11.7 Å². The molecule has 0 radical (unpaired) electrons. The third kappa shape index (κ3) is 4.14. The lowest BCUT2D eigenvalue weighted by molar-refractivity contribution is 0.0403. The van der Waals surface area contributed by atoms with Crippen molar-refractivity contribution in [2.24, 2.45) is 0 Å². The third-order valence-electron chi connectivity index (χ3n) is 4.20. The van der Waals surface area contributed by atoms with Crippen LogP contribution in [0.1, 0.15) is 33.7 Å².